The van der Waals surface area contributed by atoms with E-state index >= 15 is 0 Å². The predicted octanol–water partition coefficient (Wildman–Crippen LogP) is 6.42. The summed E-state index contributed by atoms with van der Waals surface area (Å²) >= 11 is 0. The van der Waals surface area contributed by atoms with E-state index in [-0.39, 0.29) is 23.6 Å². The summed E-state index contributed by atoms with van der Waals surface area (Å²) in [7, 11) is 0. The molecule has 186 valence electrons. The van der Waals surface area contributed by atoms with Gasteiger partial charge in [-0.2, -0.15) is 0 Å². The van der Waals surface area contributed by atoms with Crippen LogP contribution in [0.15, 0.2) is 65.1 Å². The largest absolute Gasteiger partial charge is 0.573 e. The Hall–Kier alpha value is -3.85. The van der Waals surface area contributed by atoms with Crippen molar-refractivity contribution < 1.29 is 32.2 Å². The monoisotopic (exact) mass is 496 g/mol. The van der Waals surface area contributed by atoms with Gasteiger partial charge in [0.05, 0.1) is 0 Å². The number of ether oxygens (including phenoxy) is 1. The van der Waals surface area contributed by atoms with Crippen LogP contribution < -0.4 is 4.74 Å². The number of alkyl halides is 3. The molecule has 5 rings (SSSR count). The van der Waals surface area contributed by atoms with Crippen LogP contribution in [0.5, 0.6) is 5.75 Å². The van der Waals surface area contributed by atoms with Gasteiger partial charge in [-0.15, -0.1) is 13.2 Å². The molecule has 4 aromatic rings. The second-order valence-electron chi connectivity index (χ2n) is 8.81. The number of rotatable bonds is 6. The minimum atomic E-state index is -4.91. The van der Waals surface area contributed by atoms with Gasteiger partial charge in [0.25, 0.3) is 0 Å². The van der Waals surface area contributed by atoms with Crippen molar-refractivity contribution >= 4 is 17.1 Å². The number of carbonyl (C=O) groups is 1. The first-order valence-corrected chi connectivity index (χ1v) is 11.5. The van der Waals surface area contributed by atoms with Crippen LogP contribution in [0.3, 0.4) is 0 Å². The Morgan fingerprint density at radius 3 is 2.61 bits per heavy atom. The Bertz CT molecular complexity index is 1420. The smallest absolute Gasteiger partial charge is 0.480 e. The number of nitrogens with zero attached hydrogens (tertiary/aromatic N) is 2. The average Bonchev–Trinajstić information content (AvgIpc) is 3.46. The average molecular weight is 496 g/mol. The maximum atomic E-state index is 13.2. The number of hydrogen-bond acceptors (Lipinski definition) is 5. The van der Waals surface area contributed by atoms with Crippen molar-refractivity contribution in [3.8, 4) is 28.3 Å². The lowest BCUT2D eigenvalue weighted by molar-refractivity contribution is -0.275. The fourth-order valence-electron chi connectivity index (χ4n) is 4.77. The van der Waals surface area contributed by atoms with E-state index in [1.165, 1.54) is 12.1 Å². The number of aromatic nitrogens is 1. The highest BCUT2D eigenvalue weighted by Gasteiger charge is 2.35. The van der Waals surface area contributed by atoms with Gasteiger partial charge in [-0.25, -0.2) is 4.98 Å². The van der Waals surface area contributed by atoms with Gasteiger partial charge in [0.15, 0.2) is 5.58 Å². The van der Waals surface area contributed by atoms with Crippen molar-refractivity contribution in [3.63, 3.8) is 0 Å². The summed E-state index contributed by atoms with van der Waals surface area (Å²) in [6.07, 6.45) is -3.82. The van der Waals surface area contributed by atoms with Crippen LogP contribution >= 0.6 is 0 Å². The van der Waals surface area contributed by atoms with E-state index in [4.69, 9.17) is 4.42 Å². The minimum absolute atomic E-state index is 0.0109. The normalized spacial score (nSPS) is 16.5. The van der Waals surface area contributed by atoms with Gasteiger partial charge in [0.2, 0.25) is 5.89 Å². The molecule has 1 atom stereocenters. The number of carboxylic acids is 1. The molecule has 0 aliphatic carbocycles. The molecule has 2 heterocycles. The lowest BCUT2D eigenvalue weighted by Gasteiger charge is -2.22. The van der Waals surface area contributed by atoms with E-state index in [9.17, 15) is 23.1 Å². The van der Waals surface area contributed by atoms with E-state index in [2.05, 4.69) is 9.72 Å². The molecule has 36 heavy (non-hydrogen) atoms. The third-order valence-corrected chi connectivity index (χ3v) is 6.47. The third kappa shape index (κ3) is 4.79. The van der Waals surface area contributed by atoms with Crippen molar-refractivity contribution in [2.75, 3.05) is 6.54 Å². The molecule has 6 nitrogen and oxygen atoms in total. The summed E-state index contributed by atoms with van der Waals surface area (Å²) in [5.41, 5.74) is 4.36. The number of fused-ring (bicyclic) bond motifs is 1. The summed E-state index contributed by atoms with van der Waals surface area (Å²) in [6, 6.07) is 17.4. The van der Waals surface area contributed by atoms with Crippen molar-refractivity contribution in [1.82, 2.24) is 9.88 Å². The highest BCUT2D eigenvalue weighted by molar-refractivity contribution is 5.82. The first-order chi connectivity index (χ1) is 17.2. The molecule has 0 saturated carbocycles. The van der Waals surface area contributed by atoms with Crippen molar-refractivity contribution in [2.45, 2.75) is 38.7 Å². The van der Waals surface area contributed by atoms with Crippen LogP contribution in [0.25, 0.3) is 33.7 Å². The van der Waals surface area contributed by atoms with Crippen LogP contribution in [0, 0.1) is 6.92 Å². The molecule has 0 bridgehead atoms. The van der Waals surface area contributed by atoms with Crippen LogP contribution in [0.1, 0.15) is 24.0 Å². The molecule has 1 aliphatic rings. The van der Waals surface area contributed by atoms with Gasteiger partial charge in [-0.3, -0.25) is 9.69 Å². The maximum absolute atomic E-state index is 13.2. The van der Waals surface area contributed by atoms with Gasteiger partial charge in [-0.1, -0.05) is 42.5 Å². The van der Waals surface area contributed by atoms with Gasteiger partial charge in [0, 0.05) is 23.7 Å². The first kappa shape index (κ1) is 23.9. The lowest BCUT2D eigenvalue weighted by atomic mass is 9.96. The van der Waals surface area contributed by atoms with Crippen molar-refractivity contribution in [3.05, 3.63) is 71.8 Å². The van der Waals surface area contributed by atoms with Crippen molar-refractivity contribution in [1.29, 1.82) is 0 Å². The SMILES string of the molecule is Cc1c(-c2ccccc2)cccc1-c1nc2cc(CN3CCC[C@H]3C(=O)O)c(OC(F)(F)F)cc2o1. The summed E-state index contributed by atoms with van der Waals surface area (Å²) < 4.78 is 49.8. The molecule has 1 saturated heterocycles. The summed E-state index contributed by atoms with van der Waals surface area (Å²) in [5, 5.41) is 9.47. The molecule has 0 radical (unpaired) electrons. The summed E-state index contributed by atoms with van der Waals surface area (Å²) in [6.45, 7) is 2.40. The van der Waals surface area contributed by atoms with E-state index < -0.39 is 24.1 Å². The van der Waals surface area contributed by atoms with E-state index in [0.29, 0.717) is 24.9 Å². The second-order valence-corrected chi connectivity index (χ2v) is 8.81. The lowest BCUT2D eigenvalue weighted by Crippen LogP contribution is -2.35. The number of halogens is 3. The second kappa shape index (κ2) is 9.31. The number of carboxylic acid groups (broad SMARTS) is 1. The van der Waals surface area contributed by atoms with Gasteiger partial charge >= 0.3 is 12.3 Å². The van der Waals surface area contributed by atoms with E-state index in [0.717, 1.165) is 22.3 Å². The molecule has 1 N–H and O–H groups in total. The van der Waals surface area contributed by atoms with Crippen molar-refractivity contribution in [2.24, 2.45) is 0 Å². The fourth-order valence-corrected chi connectivity index (χ4v) is 4.77. The fraction of sp³-hybridized carbons (Fsp3) is 0.259. The highest BCUT2D eigenvalue weighted by atomic mass is 19.4. The Balaban J connectivity index is 1.56. The highest BCUT2D eigenvalue weighted by Crippen LogP contribution is 2.37. The number of oxazole rings is 1. The van der Waals surface area contributed by atoms with Crippen LogP contribution in [0.4, 0.5) is 13.2 Å². The molecule has 3 aromatic carbocycles. The van der Waals surface area contributed by atoms with Gasteiger partial charge in [0.1, 0.15) is 17.3 Å². The third-order valence-electron chi connectivity index (χ3n) is 6.47. The quantitative estimate of drug-likeness (QED) is 0.332. The molecule has 9 heteroatoms. The molecule has 1 fully saturated rings. The standard InChI is InChI=1S/C27H23F3N2O4/c1-16-19(17-7-3-2-4-8-17)9-5-10-20(16)25-31-21-13-18(15-32-12-6-11-22(32)26(33)34)23(14-24(21)35-25)36-27(28,29)30/h2-5,7-10,13-14,22H,6,11-12,15H2,1H3,(H,33,34)/t22-/m0/s1. The van der Waals surface area contributed by atoms with Gasteiger partial charge in [-0.05, 0) is 55.1 Å². The Morgan fingerprint density at radius 2 is 1.89 bits per heavy atom. The Labute approximate surface area is 204 Å². The van der Waals surface area contributed by atoms with Crippen LogP contribution in [-0.4, -0.2) is 39.9 Å². The zero-order valence-electron chi connectivity index (χ0n) is 19.4. The minimum Gasteiger partial charge on any atom is -0.480 e. The number of benzene rings is 3. The predicted molar refractivity (Wildman–Crippen MR) is 127 cm³/mol. The van der Waals surface area contributed by atoms with E-state index in [1.807, 2.05) is 55.5 Å². The number of aliphatic carboxylic acids is 1. The molecule has 0 spiro atoms. The molecule has 1 aromatic heterocycles. The Kier molecular flexibility index (Phi) is 6.17. The summed E-state index contributed by atoms with van der Waals surface area (Å²) in [5.74, 6) is -1.15. The van der Waals surface area contributed by atoms with Crippen LogP contribution in [0.2, 0.25) is 0 Å². The summed E-state index contributed by atoms with van der Waals surface area (Å²) in [4.78, 5) is 17.8. The number of likely N-dealkylation sites (tertiary alicyclic amines) is 1. The molecular weight excluding hydrogens is 473 g/mol. The first-order valence-electron chi connectivity index (χ1n) is 11.5. The molecular formula is C27H23F3N2O4. The van der Waals surface area contributed by atoms with Crippen LogP contribution in [-0.2, 0) is 11.3 Å². The molecule has 0 amide bonds. The zero-order valence-corrected chi connectivity index (χ0v) is 19.4. The molecule has 0 unspecified atom stereocenters. The van der Waals surface area contributed by atoms with E-state index in [1.54, 1.807) is 4.90 Å². The zero-order chi connectivity index (χ0) is 25.4. The van der Waals surface area contributed by atoms with Gasteiger partial charge < -0.3 is 14.3 Å². The topological polar surface area (TPSA) is 75.8 Å². The Morgan fingerprint density at radius 1 is 1.14 bits per heavy atom. The maximum Gasteiger partial charge on any atom is 0.573 e. The number of hydrogen-bond donors (Lipinski definition) is 1. The molecule has 1 aliphatic heterocycles.